The summed E-state index contributed by atoms with van der Waals surface area (Å²) in [5.74, 6) is -0.357. The summed E-state index contributed by atoms with van der Waals surface area (Å²) in [5, 5.41) is 3.34. The molecule has 0 spiro atoms. The molecule has 4 aromatic rings. The van der Waals surface area contributed by atoms with E-state index >= 15 is 0 Å². The van der Waals surface area contributed by atoms with Crippen LogP contribution in [0.4, 0.5) is 0 Å². The average Bonchev–Trinajstić information content (AvgIpc) is 3.44. The largest absolute Gasteiger partial charge is 0.465 e. The fourth-order valence-corrected chi connectivity index (χ4v) is 4.47. The van der Waals surface area contributed by atoms with Gasteiger partial charge in [-0.25, -0.2) is 14.6 Å². The van der Waals surface area contributed by atoms with Crippen LogP contribution in [0, 0.1) is 6.92 Å². The Morgan fingerprint density at radius 1 is 1.12 bits per heavy atom. The summed E-state index contributed by atoms with van der Waals surface area (Å²) in [6.07, 6.45) is 2.65. The van der Waals surface area contributed by atoms with Gasteiger partial charge in [0.2, 0.25) is 0 Å². The highest BCUT2D eigenvalue weighted by Gasteiger charge is 2.25. The van der Waals surface area contributed by atoms with Crippen LogP contribution >= 0.6 is 12.4 Å². The lowest BCUT2D eigenvalue weighted by atomic mass is 10.0. The molecule has 1 aliphatic rings. The number of nitrogens with zero attached hydrogens (tertiary/aromatic N) is 3. The standard InChI is InChI=1S/C25H24N4O3.ClH/c1-16-14-19(17-5-7-18(8-6-17)24(30)32-2)9-10-21(16)29-22-4-3-12-27-23(22)28(25(29)31)20-11-13-26-15-20;/h3-10,12,14,20,26H,11,13,15H2,1-2H3;1H/t20-;/m1./s1. The third-order valence-electron chi connectivity index (χ3n) is 6.11. The Morgan fingerprint density at radius 2 is 1.88 bits per heavy atom. The van der Waals surface area contributed by atoms with E-state index in [0.29, 0.717) is 11.2 Å². The highest BCUT2D eigenvalue weighted by molar-refractivity contribution is 5.90. The van der Waals surface area contributed by atoms with E-state index in [1.807, 2.05) is 47.9 Å². The van der Waals surface area contributed by atoms with Crippen molar-refractivity contribution in [1.82, 2.24) is 19.4 Å². The summed E-state index contributed by atoms with van der Waals surface area (Å²) in [6, 6.07) is 17.3. The summed E-state index contributed by atoms with van der Waals surface area (Å²) in [4.78, 5) is 29.7. The molecule has 0 radical (unpaired) electrons. The molecule has 0 saturated carbocycles. The highest BCUT2D eigenvalue weighted by Crippen LogP contribution is 2.27. The number of aryl methyl sites for hydroxylation is 1. The second-order valence-electron chi connectivity index (χ2n) is 8.05. The van der Waals surface area contributed by atoms with Crippen molar-refractivity contribution in [3.63, 3.8) is 0 Å². The second kappa shape index (κ2) is 9.21. The van der Waals surface area contributed by atoms with Crippen LogP contribution in [0.2, 0.25) is 0 Å². The number of hydrogen-bond acceptors (Lipinski definition) is 5. The van der Waals surface area contributed by atoms with E-state index in [1.54, 1.807) is 22.9 Å². The van der Waals surface area contributed by atoms with Crippen molar-refractivity contribution < 1.29 is 9.53 Å². The number of rotatable bonds is 4. The van der Waals surface area contributed by atoms with E-state index in [-0.39, 0.29) is 30.1 Å². The molecule has 0 bridgehead atoms. The molecule has 7 nitrogen and oxygen atoms in total. The number of hydrogen-bond donors (Lipinski definition) is 1. The molecule has 0 unspecified atom stereocenters. The number of carbonyl (C=O) groups is 1. The van der Waals surface area contributed by atoms with Crippen LogP contribution in [0.25, 0.3) is 28.0 Å². The minimum Gasteiger partial charge on any atom is -0.465 e. The maximum absolute atomic E-state index is 13.5. The van der Waals surface area contributed by atoms with Crippen molar-refractivity contribution in [2.75, 3.05) is 20.2 Å². The van der Waals surface area contributed by atoms with E-state index in [2.05, 4.69) is 16.4 Å². The quantitative estimate of drug-likeness (QED) is 0.463. The lowest BCUT2D eigenvalue weighted by Gasteiger charge is -2.11. The Hall–Kier alpha value is -3.42. The monoisotopic (exact) mass is 464 g/mol. The summed E-state index contributed by atoms with van der Waals surface area (Å²) in [6.45, 7) is 3.68. The molecule has 8 heteroatoms. The van der Waals surface area contributed by atoms with Gasteiger partial charge in [-0.15, -0.1) is 12.4 Å². The van der Waals surface area contributed by atoms with Crippen molar-refractivity contribution in [3.05, 3.63) is 82.4 Å². The highest BCUT2D eigenvalue weighted by atomic mass is 35.5. The first-order valence-electron chi connectivity index (χ1n) is 10.7. The molecule has 170 valence electrons. The van der Waals surface area contributed by atoms with Crippen LogP contribution in [0.5, 0.6) is 0 Å². The van der Waals surface area contributed by atoms with Gasteiger partial charge in [0.05, 0.1) is 29.9 Å². The zero-order chi connectivity index (χ0) is 22.2. The molecule has 2 aromatic carbocycles. The Morgan fingerprint density at radius 3 is 2.55 bits per heavy atom. The Labute approximate surface area is 197 Å². The fraction of sp³-hybridized carbons (Fsp3) is 0.240. The first-order chi connectivity index (χ1) is 15.6. The van der Waals surface area contributed by atoms with E-state index in [9.17, 15) is 9.59 Å². The third kappa shape index (κ3) is 3.94. The number of halogens is 1. The van der Waals surface area contributed by atoms with Crippen LogP contribution < -0.4 is 11.0 Å². The summed E-state index contributed by atoms with van der Waals surface area (Å²) in [5.41, 5.74) is 5.79. The molecule has 1 atom stereocenters. The molecule has 3 heterocycles. The van der Waals surface area contributed by atoms with E-state index in [1.165, 1.54) is 7.11 Å². The summed E-state index contributed by atoms with van der Waals surface area (Å²) in [7, 11) is 1.37. The van der Waals surface area contributed by atoms with Gasteiger partial charge in [-0.3, -0.25) is 9.13 Å². The smallest absolute Gasteiger partial charge is 0.337 e. The molecule has 33 heavy (non-hydrogen) atoms. The topological polar surface area (TPSA) is 78.1 Å². The zero-order valence-corrected chi connectivity index (χ0v) is 19.3. The normalized spacial score (nSPS) is 15.4. The molecule has 5 rings (SSSR count). The first kappa shape index (κ1) is 22.8. The minimum absolute atomic E-state index is 0. The van der Waals surface area contributed by atoms with Gasteiger partial charge in [0.15, 0.2) is 5.65 Å². The maximum atomic E-state index is 13.5. The van der Waals surface area contributed by atoms with E-state index < -0.39 is 0 Å². The molecule has 0 amide bonds. The van der Waals surface area contributed by atoms with Crippen molar-refractivity contribution >= 4 is 29.5 Å². The van der Waals surface area contributed by atoms with E-state index in [4.69, 9.17) is 4.74 Å². The van der Waals surface area contributed by atoms with Gasteiger partial charge in [-0.2, -0.15) is 0 Å². The predicted molar refractivity (Wildman–Crippen MR) is 131 cm³/mol. The zero-order valence-electron chi connectivity index (χ0n) is 18.4. The van der Waals surface area contributed by atoms with Gasteiger partial charge < -0.3 is 10.1 Å². The number of ether oxygens (including phenoxy) is 1. The van der Waals surface area contributed by atoms with Crippen molar-refractivity contribution in [2.24, 2.45) is 0 Å². The average molecular weight is 465 g/mol. The number of carbonyl (C=O) groups excluding carboxylic acids is 1. The maximum Gasteiger partial charge on any atom is 0.337 e. The first-order valence-corrected chi connectivity index (χ1v) is 10.7. The number of aromatic nitrogens is 3. The number of imidazole rings is 1. The predicted octanol–water partition coefficient (Wildman–Crippen LogP) is 3.91. The van der Waals surface area contributed by atoms with Gasteiger partial charge in [0.25, 0.3) is 0 Å². The molecule has 1 N–H and O–H groups in total. The van der Waals surface area contributed by atoms with Crippen molar-refractivity contribution in [3.8, 4) is 16.8 Å². The summed E-state index contributed by atoms with van der Waals surface area (Å²) >= 11 is 0. The SMILES string of the molecule is COC(=O)c1ccc(-c2ccc(-n3c(=O)n([C@@H]4CCNC4)c4ncccc43)c(C)c2)cc1.Cl. The molecule has 1 aliphatic heterocycles. The minimum atomic E-state index is -0.357. The molecule has 1 fully saturated rings. The number of benzene rings is 2. The molecular formula is C25H25ClN4O3. The van der Waals surface area contributed by atoms with Crippen LogP contribution in [-0.4, -0.2) is 40.3 Å². The van der Waals surface area contributed by atoms with Crippen molar-refractivity contribution in [2.45, 2.75) is 19.4 Å². The van der Waals surface area contributed by atoms with Gasteiger partial charge in [0.1, 0.15) is 0 Å². The number of esters is 1. The Kier molecular flexibility index (Phi) is 6.35. The fourth-order valence-electron chi connectivity index (χ4n) is 4.47. The molecular weight excluding hydrogens is 440 g/mol. The van der Waals surface area contributed by atoms with Gasteiger partial charge in [0, 0.05) is 12.7 Å². The van der Waals surface area contributed by atoms with Crippen LogP contribution in [0.15, 0.2) is 65.6 Å². The van der Waals surface area contributed by atoms with Crippen molar-refractivity contribution in [1.29, 1.82) is 0 Å². The second-order valence-corrected chi connectivity index (χ2v) is 8.05. The lowest BCUT2D eigenvalue weighted by Crippen LogP contribution is -2.28. The number of nitrogens with one attached hydrogen (secondary N) is 1. The van der Waals surface area contributed by atoms with Crippen LogP contribution in [-0.2, 0) is 4.74 Å². The number of methoxy groups -OCH3 is 1. The molecule has 1 saturated heterocycles. The third-order valence-corrected chi connectivity index (χ3v) is 6.11. The number of pyridine rings is 1. The molecule has 2 aromatic heterocycles. The van der Waals surface area contributed by atoms with Crippen LogP contribution in [0.3, 0.4) is 0 Å². The number of fused-ring (bicyclic) bond motifs is 1. The van der Waals surface area contributed by atoms with Crippen LogP contribution in [0.1, 0.15) is 28.4 Å². The van der Waals surface area contributed by atoms with Gasteiger partial charge in [-0.05, 0) is 73.0 Å². The van der Waals surface area contributed by atoms with Gasteiger partial charge >= 0.3 is 11.7 Å². The molecule has 0 aliphatic carbocycles. The Bertz CT molecular complexity index is 1370. The Balaban J connectivity index is 0.00000259. The van der Waals surface area contributed by atoms with Gasteiger partial charge in [-0.1, -0.05) is 18.2 Å². The lowest BCUT2D eigenvalue weighted by molar-refractivity contribution is 0.0601. The van der Waals surface area contributed by atoms with E-state index in [0.717, 1.165) is 47.4 Å². The summed E-state index contributed by atoms with van der Waals surface area (Å²) < 4.78 is 8.36.